The molecule has 1 fully saturated rings. The number of nitrogen functional groups attached to an aromatic ring is 1. The first kappa shape index (κ1) is 10.9. The standard InChI is InChI=1S/C11H16N4O/c1-11(3-2-4-11)7-14-10(16)8-5-13-6-9(12)15-8/h5-6H,2-4,7H2,1H3,(H2,12,15)(H,14,16). The van der Waals surface area contributed by atoms with Crippen molar-refractivity contribution in [1.29, 1.82) is 0 Å². The molecule has 0 unspecified atom stereocenters. The van der Waals surface area contributed by atoms with Gasteiger partial charge in [-0.2, -0.15) is 0 Å². The number of nitrogens with zero attached hydrogens (tertiary/aromatic N) is 2. The van der Waals surface area contributed by atoms with Crippen LogP contribution in [-0.4, -0.2) is 22.4 Å². The summed E-state index contributed by atoms with van der Waals surface area (Å²) in [4.78, 5) is 19.5. The molecular weight excluding hydrogens is 204 g/mol. The summed E-state index contributed by atoms with van der Waals surface area (Å²) in [5.41, 5.74) is 6.01. The Kier molecular flexibility index (Phi) is 2.77. The normalized spacial score (nSPS) is 17.6. The quantitative estimate of drug-likeness (QED) is 0.795. The molecular formula is C11H16N4O. The number of hydrogen-bond acceptors (Lipinski definition) is 4. The summed E-state index contributed by atoms with van der Waals surface area (Å²) in [6.07, 6.45) is 6.45. The molecule has 1 amide bonds. The Morgan fingerprint density at radius 2 is 2.31 bits per heavy atom. The number of aromatic nitrogens is 2. The molecule has 0 aromatic carbocycles. The Labute approximate surface area is 94.5 Å². The number of carbonyl (C=O) groups is 1. The Hall–Kier alpha value is -1.65. The fourth-order valence-corrected chi connectivity index (χ4v) is 1.83. The number of nitrogens with one attached hydrogen (secondary N) is 1. The summed E-state index contributed by atoms with van der Waals surface area (Å²) in [5, 5.41) is 2.87. The lowest BCUT2D eigenvalue weighted by Gasteiger charge is -2.38. The van der Waals surface area contributed by atoms with E-state index in [1.807, 2.05) is 0 Å². The molecule has 2 rings (SSSR count). The zero-order valence-electron chi connectivity index (χ0n) is 9.36. The van der Waals surface area contributed by atoms with Gasteiger partial charge in [0.25, 0.3) is 5.91 Å². The molecule has 5 heteroatoms. The first-order chi connectivity index (χ1) is 7.59. The Morgan fingerprint density at radius 3 is 2.88 bits per heavy atom. The van der Waals surface area contributed by atoms with Crippen LogP contribution in [0.3, 0.4) is 0 Å². The fourth-order valence-electron chi connectivity index (χ4n) is 1.83. The van der Waals surface area contributed by atoms with E-state index in [2.05, 4.69) is 22.2 Å². The Morgan fingerprint density at radius 1 is 1.56 bits per heavy atom. The molecule has 16 heavy (non-hydrogen) atoms. The van der Waals surface area contributed by atoms with Crippen LogP contribution in [0.4, 0.5) is 5.82 Å². The van der Waals surface area contributed by atoms with Crippen molar-refractivity contribution < 1.29 is 4.79 Å². The van der Waals surface area contributed by atoms with Gasteiger partial charge in [-0.3, -0.25) is 9.78 Å². The average molecular weight is 220 g/mol. The highest BCUT2D eigenvalue weighted by molar-refractivity contribution is 5.92. The van der Waals surface area contributed by atoms with Gasteiger partial charge in [0.1, 0.15) is 11.5 Å². The molecule has 1 saturated carbocycles. The molecule has 0 bridgehead atoms. The van der Waals surface area contributed by atoms with Crippen molar-refractivity contribution in [2.75, 3.05) is 12.3 Å². The highest BCUT2D eigenvalue weighted by Crippen LogP contribution is 2.39. The Bertz CT molecular complexity index is 401. The van der Waals surface area contributed by atoms with Crippen LogP contribution in [0.1, 0.15) is 36.7 Å². The van der Waals surface area contributed by atoms with Crippen LogP contribution < -0.4 is 11.1 Å². The van der Waals surface area contributed by atoms with Gasteiger partial charge in [0.2, 0.25) is 0 Å². The second-order valence-electron chi connectivity index (χ2n) is 4.68. The van der Waals surface area contributed by atoms with E-state index in [0.29, 0.717) is 6.54 Å². The molecule has 5 nitrogen and oxygen atoms in total. The van der Waals surface area contributed by atoms with Gasteiger partial charge >= 0.3 is 0 Å². The topological polar surface area (TPSA) is 80.9 Å². The van der Waals surface area contributed by atoms with E-state index in [1.54, 1.807) is 0 Å². The lowest BCUT2D eigenvalue weighted by Crippen LogP contribution is -2.40. The maximum atomic E-state index is 11.7. The number of rotatable bonds is 3. The molecule has 0 saturated heterocycles. The van der Waals surface area contributed by atoms with Crippen LogP contribution in [0.2, 0.25) is 0 Å². The number of anilines is 1. The maximum absolute atomic E-state index is 11.7. The van der Waals surface area contributed by atoms with Gasteiger partial charge in [0.15, 0.2) is 0 Å². The first-order valence-corrected chi connectivity index (χ1v) is 5.45. The maximum Gasteiger partial charge on any atom is 0.271 e. The highest BCUT2D eigenvalue weighted by Gasteiger charge is 2.32. The minimum absolute atomic E-state index is 0.201. The van der Waals surface area contributed by atoms with Crippen LogP contribution in [0.5, 0.6) is 0 Å². The van der Waals surface area contributed by atoms with Crippen LogP contribution in [0.25, 0.3) is 0 Å². The number of nitrogens with two attached hydrogens (primary N) is 1. The molecule has 0 aliphatic heterocycles. The largest absolute Gasteiger partial charge is 0.382 e. The van der Waals surface area contributed by atoms with Crippen molar-refractivity contribution in [3.8, 4) is 0 Å². The predicted molar refractivity (Wildman–Crippen MR) is 60.7 cm³/mol. The molecule has 1 heterocycles. The average Bonchev–Trinajstić information content (AvgIpc) is 2.23. The van der Waals surface area contributed by atoms with Crippen molar-refractivity contribution in [2.45, 2.75) is 26.2 Å². The van der Waals surface area contributed by atoms with Gasteiger partial charge in [-0.1, -0.05) is 13.3 Å². The van der Waals surface area contributed by atoms with Crippen LogP contribution in [0.15, 0.2) is 12.4 Å². The van der Waals surface area contributed by atoms with Gasteiger partial charge in [-0.25, -0.2) is 4.98 Å². The van der Waals surface area contributed by atoms with E-state index in [1.165, 1.54) is 31.7 Å². The van der Waals surface area contributed by atoms with Gasteiger partial charge in [0, 0.05) is 6.54 Å². The number of carbonyl (C=O) groups excluding carboxylic acids is 1. The SMILES string of the molecule is CC1(CNC(=O)c2cncc(N)n2)CCC1. The van der Waals surface area contributed by atoms with Crippen LogP contribution in [0, 0.1) is 5.41 Å². The van der Waals surface area contributed by atoms with Gasteiger partial charge in [0.05, 0.1) is 12.4 Å². The first-order valence-electron chi connectivity index (χ1n) is 5.45. The summed E-state index contributed by atoms with van der Waals surface area (Å²) < 4.78 is 0. The molecule has 0 radical (unpaired) electrons. The Balaban J connectivity index is 1.93. The van der Waals surface area contributed by atoms with Crippen molar-refractivity contribution in [1.82, 2.24) is 15.3 Å². The van der Waals surface area contributed by atoms with Crippen molar-refractivity contribution in [3.05, 3.63) is 18.1 Å². The third kappa shape index (κ3) is 2.29. The highest BCUT2D eigenvalue weighted by atomic mass is 16.1. The van der Waals surface area contributed by atoms with E-state index in [9.17, 15) is 4.79 Å². The zero-order valence-corrected chi connectivity index (χ0v) is 9.36. The molecule has 0 atom stereocenters. The monoisotopic (exact) mass is 220 g/mol. The van der Waals surface area contributed by atoms with Gasteiger partial charge in [-0.05, 0) is 18.3 Å². The number of hydrogen-bond donors (Lipinski definition) is 2. The predicted octanol–water partition coefficient (Wildman–Crippen LogP) is 0.979. The number of amides is 1. The molecule has 3 N–H and O–H groups in total. The van der Waals surface area contributed by atoms with Gasteiger partial charge < -0.3 is 11.1 Å². The van der Waals surface area contributed by atoms with Gasteiger partial charge in [-0.15, -0.1) is 0 Å². The van der Waals surface area contributed by atoms with Crippen molar-refractivity contribution >= 4 is 11.7 Å². The summed E-state index contributed by atoms with van der Waals surface area (Å²) in [7, 11) is 0. The van der Waals surface area contributed by atoms with E-state index >= 15 is 0 Å². The second kappa shape index (κ2) is 4.08. The summed E-state index contributed by atoms with van der Waals surface area (Å²) in [6, 6.07) is 0. The lowest BCUT2D eigenvalue weighted by atomic mass is 9.70. The molecule has 1 aliphatic rings. The summed E-state index contributed by atoms with van der Waals surface area (Å²) >= 11 is 0. The van der Waals surface area contributed by atoms with Crippen molar-refractivity contribution in [3.63, 3.8) is 0 Å². The van der Waals surface area contributed by atoms with E-state index < -0.39 is 0 Å². The van der Waals surface area contributed by atoms with Crippen LogP contribution >= 0.6 is 0 Å². The minimum atomic E-state index is -0.201. The lowest BCUT2D eigenvalue weighted by molar-refractivity contribution is 0.0885. The van der Waals surface area contributed by atoms with Crippen molar-refractivity contribution in [2.24, 2.45) is 5.41 Å². The van der Waals surface area contributed by atoms with Crippen LogP contribution in [-0.2, 0) is 0 Å². The molecule has 0 spiro atoms. The van der Waals surface area contributed by atoms with E-state index in [0.717, 1.165) is 0 Å². The minimum Gasteiger partial charge on any atom is -0.382 e. The zero-order chi connectivity index (χ0) is 11.6. The fraction of sp³-hybridized carbons (Fsp3) is 0.545. The third-order valence-electron chi connectivity index (χ3n) is 3.12. The van der Waals surface area contributed by atoms with E-state index in [-0.39, 0.29) is 22.8 Å². The second-order valence-corrected chi connectivity index (χ2v) is 4.68. The smallest absolute Gasteiger partial charge is 0.271 e. The third-order valence-corrected chi connectivity index (χ3v) is 3.12. The summed E-state index contributed by atoms with van der Waals surface area (Å²) in [6.45, 7) is 2.88. The molecule has 1 aromatic heterocycles. The van der Waals surface area contributed by atoms with E-state index in [4.69, 9.17) is 5.73 Å². The molecule has 1 aromatic rings. The molecule has 1 aliphatic carbocycles. The summed E-state index contributed by atoms with van der Waals surface area (Å²) in [5.74, 6) is 0.0652. The molecule has 86 valence electrons.